The largest absolute Gasteiger partial charge is 0.213 e. The van der Waals surface area contributed by atoms with Crippen molar-refractivity contribution in [3.05, 3.63) is 35.4 Å². The second-order valence-corrected chi connectivity index (χ2v) is 6.73. The molecule has 17 heavy (non-hydrogen) atoms. The van der Waals surface area contributed by atoms with Gasteiger partial charge in [0.15, 0.2) is 0 Å². The molecule has 0 aliphatic rings. The van der Waals surface area contributed by atoms with Crippen molar-refractivity contribution in [2.75, 3.05) is 6.26 Å². The third-order valence-electron chi connectivity index (χ3n) is 2.51. The fraction of sp³-hybridized carbons (Fsp3) is 0.538. The maximum atomic E-state index is 11.1. The first-order valence-corrected chi connectivity index (χ1v) is 7.73. The Bertz CT molecular complexity index is 449. The Labute approximate surface area is 104 Å². The Morgan fingerprint density at radius 2 is 1.65 bits per heavy atom. The van der Waals surface area contributed by atoms with Crippen LogP contribution in [0.15, 0.2) is 24.3 Å². The first kappa shape index (κ1) is 14.2. The maximum absolute atomic E-state index is 11.1. The van der Waals surface area contributed by atoms with Gasteiger partial charge in [0.05, 0.1) is 6.26 Å². The maximum Gasteiger partial charge on any atom is 0.209 e. The average Bonchev–Trinajstić information content (AvgIpc) is 2.15. The molecular weight excluding hydrogens is 234 g/mol. The summed E-state index contributed by atoms with van der Waals surface area (Å²) in [4.78, 5) is 0. The van der Waals surface area contributed by atoms with Crippen LogP contribution in [-0.4, -0.2) is 14.7 Å². The van der Waals surface area contributed by atoms with Gasteiger partial charge in [-0.1, -0.05) is 38.1 Å². The lowest BCUT2D eigenvalue weighted by atomic mass is 10.0. The zero-order chi connectivity index (χ0) is 13.1. The molecule has 0 heterocycles. The number of rotatable bonds is 5. The molecule has 1 aromatic rings. The van der Waals surface area contributed by atoms with Gasteiger partial charge in [-0.15, -0.1) is 0 Å². The van der Waals surface area contributed by atoms with Crippen LogP contribution in [0.1, 0.15) is 37.9 Å². The molecule has 1 rings (SSSR count). The summed E-state index contributed by atoms with van der Waals surface area (Å²) in [6, 6.07) is 7.92. The molecule has 0 fully saturated rings. The number of hydrogen-bond donors (Lipinski definition) is 1. The molecule has 1 aromatic carbocycles. The van der Waals surface area contributed by atoms with Gasteiger partial charge >= 0.3 is 0 Å². The summed E-state index contributed by atoms with van der Waals surface area (Å²) in [5.74, 6) is 0.632. The lowest BCUT2D eigenvalue weighted by molar-refractivity contribution is 0.573. The van der Waals surface area contributed by atoms with E-state index < -0.39 is 10.0 Å². The Morgan fingerprint density at radius 1 is 1.12 bits per heavy atom. The number of sulfonamides is 1. The van der Waals surface area contributed by atoms with E-state index in [1.165, 1.54) is 11.8 Å². The first-order valence-electron chi connectivity index (χ1n) is 5.84. The van der Waals surface area contributed by atoms with Crippen LogP contribution in [-0.2, 0) is 16.4 Å². The third-order valence-corrected chi connectivity index (χ3v) is 3.30. The van der Waals surface area contributed by atoms with Gasteiger partial charge in [0, 0.05) is 6.04 Å². The molecule has 0 bridgehead atoms. The molecular formula is C13H21NO2S. The van der Waals surface area contributed by atoms with Crippen LogP contribution >= 0.6 is 0 Å². The van der Waals surface area contributed by atoms with Crippen molar-refractivity contribution in [3.8, 4) is 0 Å². The first-order chi connectivity index (χ1) is 7.78. The second kappa shape index (κ2) is 5.65. The Balaban J connectivity index is 2.73. The van der Waals surface area contributed by atoms with E-state index in [0.29, 0.717) is 5.92 Å². The topological polar surface area (TPSA) is 46.2 Å². The summed E-state index contributed by atoms with van der Waals surface area (Å²) < 4.78 is 24.8. The molecule has 1 atom stereocenters. The van der Waals surface area contributed by atoms with Crippen molar-refractivity contribution in [1.82, 2.24) is 4.72 Å². The normalized spacial score (nSPS) is 13.9. The van der Waals surface area contributed by atoms with E-state index in [2.05, 4.69) is 30.7 Å². The molecule has 0 amide bonds. The number of nitrogens with one attached hydrogen (secondary N) is 1. The molecule has 3 nitrogen and oxygen atoms in total. The SMILES string of the molecule is CC(C)Cc1ccc([C@H](C)NS(C)(=O)=O)cc1. The van der Waals surface area contributed by atoms with Crippen molar-refractivity contribution in [3.63, 3.8) is 0 Å². The quantitative estimate of drug-likeness (QED) is 0.878. The predicted octanol–water partition coefficient (Wildman–Crippen LogP) is 2.50. The van der Waals surface area contributed by atoms with Crippen LogP contribution in [0.2, 0.25) is 0 Å². The predicted molar refractivity (Wildman–Crippen MR) is 71.4 cm³/mol. The molecule has 0 aliphatic carbocycles. The van der Waals surface area contributed by atoms with Gasteiger partial charge in [-0.05, 0) is 30.4 Å². The summed E-state index contributed by atoms with van der Waals surface area (Å²) >= 11 is 0. The van der Waals surface area contributed by atoms with Gasteiger partial charge in [-0.3, -0.25) is 0 Å². The summed E-state index contributed by atoms with van der Waals surface area (Å²) in [7, 11) is -3.15. The molecule has 0 saturated carbocycles. The van der Waals surface area contributed by atoms with E-state index in [1.807, 2.05) is 19.1 Å². The zero-order valence-electron chi connectivity index (χ0n) is 10.9. The fourth-order valence-electron chi connectivity index (χ4n) is 1.80. The highest BCUT2D eigenvalue weighted by molar-refractivity contribution is 7.88. The van der Waals surface area contributed by atoms with E-state index in [9.17, 15) is 8.42 Å². The van der Waals surface area contributed by atoms with Crippen molar-refractivity contribution < 1.29 is 8.42 Å². The molecule has 0 aliphatic heterocycles. The Morgan fingerprint density at radius 3 is 2.06 bits per heavy atom. The van der Waals surface area contributed by atoms with E-state index in [4.69, 9.17) is 0 Å². The van der Waals surface area contributed by atoms with Gasteiger partial charge in [0.1, 0.15) is 0 Å². The van der Waals surface area contributed by atoms with E-state index in [1.54, 1.807) is 0 Å². The van der Waals surface area contributed by atoms with Gasteiger partial charge in [-0.2, -0.15) is 0 Å². The van der Waals surface area contributed by atoms with Gasteiger partial charge in [0.2, 0.25) is 10.0 Å². The fourth-order valence-corrected chi connectivity index (χ4v) is 2.58. The van der Waals surface area contributed by atoms with Gasteiger partial charge in [-0.25, -0.2) is 13.1 Å². The Hall–Kier alpha value is -0.870. The molecule has 0 unspecified atom stereocenters. The summed E-state index contributed by atoms with van der Waals surface area (Å²) in [5.41, 5.74) is 2.28. The minimum absolute atomic E-state index is 0.182. The minimum atomic E-state index is -3.15. The molecule has 4 heteroatoms. The van der Waals surface area contributed by atoms with Crippen molar-refractivity contribution in [1.29, 1.82) is 0 Å². The lowest BCUT2D eigenvalue weighted by Crippen LogP contribution is -2.25. The van der Waals surface area contributed by atoms with Gasteiger partial charge < -0.3 is 0 Å². The highest BCUT2D eigenvalue weighted by Crippen LogP contribution is 2.15. The molecule has 0 radical (unpaired) electrons. The van der Waals surface area contributed by atoms with Crippen LogP contribution in [0.4, 0.5) is 0 Å². The van der Waals surface area contributed by atoms with Crippen LogP contribution in [0, 0.1) is 5.92 Å². The summed E-state index contributed by atoms with van der Waals surface area (Å²) in [6.45, 7) is 6.21. The highest BCUT2D eigenvalue weighted by atomic mass is 32.2. The van der Waals surface area contributed by atoms with E-state index in [-0.39, 0.29) is 6.04 Å². The molecule has 0 saturated heterocycles. The molecule has 0 aromatic heterocycles. The van der Waals surface area contributed by atoms with Crippen LogP contribution in [0.3, 0.4) is 0 Å². The molecule has 96 valence electrons. The third kappa shape index (κ3) is 5.33. The van der Waals surface area contributed by atoms with Gasteiger partial charge in [0.25, 0.3) is 0 Å². The van der Waals surface area contributed by atoms with Crippen LogP contribution in [0.5, 0.6) is 0 Å². The highest BCUT2D eigenvalue weighted by Gasteiger charge is 2.10. The van der Waals surface area contributed by atoms with Crippen LogP contribution in [0.25, 0.3) is 0 Å². The smallest absolute Gasteiger partial charge is 0.209 e. The van der Waals surface area contributed by atoms with E-state index in [0.717, 1.165) is 12.0 Å². The standard InChI is InChI=1S/C13H21NO2S/c1-10(2)9-12-5-7-13(8-6-12)11(3)14-17(4,15)16/h5-8,10-11,14H,9H2,1-4H3/t11-/m0/s1. The average molecular weight is 255 g/mol. The zero-order valence-corrected chi connectivity index (χ0v) is 11.7. The molecule has 1 N–H and O–H groups in total. The van der Waals surface area contributed by atoms with E-state index >= 15 is 0 Å². The van der Waals surface area contributed by atoms with Crippen molar-refractivity contribution in [2.24, 2.45) is 5.92 Å². The van der Waals surface area contributed by atoms with Crippen molar-refractivity contribution >= 4 is 10.0 Å². The second-order valence-electron chi connectivity index (χ2n) is 4.95. The molecule has 0 spiro atoms. The van der Waals surface area contributed by atoms with Crippen molar-refractivity contribution in [2.45, 2.75) is 33.2 Å². The monoisotopic (exact) mass is 255 g/mol. The Kier molecular flexibility index (Phi) is 4.71. The number of hydrogen-bond acceptors (Lipinski definition) is 2. The van der Waals surface area contributed by atoms with Crippen LogP contribution < -0.4 is 4.72 Å². The minimum Gasteiger partial charge on any atom is -0.213 e. The lowest BCUT2D eigenvalue weighted by Gasteiger charge is -2.13. The summed E-state index contributed by atoms with van der Waals surface area (Å²) in [5, 5.41) is 0. The summed E-state index contributed by atoms with van der Waals surface area (Å²) in [6.07, 6.45) is 2.23. The number of benzene rings is 1.